The van der Waals surface area contributed by atoms with E-state index in [1.807, 2.05) is 36.2 Å². The van der Waals surface area contributed by atoms with Crippen molar-refractivity contribution >= 4 is 11.9 Å². The predicted molar refractivity (Wildman–Crippen MR) is 84.2 cm³/mol. The highest BCUT2D eigenvalue weighted by molar-refractivity contribution is 5.93. The molecule has 23 heavy (non-hydrogen) atoms. The van der Waals surface area contributed by atoms with Crippen LogP contribution < -0.4 is 10.1 Å². The number of rotatable bonds is 4. The lowest BCUT2D eigenvalue weighted by Crippen LogP contribution is -2.46. The first-order valence-electron chi connectivity index (χ1n) is 7.34. The van der Waals surface area contributed by atoms with Crippen LogP contribution in [-0.4, -0.2) is 65.9 Å². The molecular weight excluding hydrogens is 298 g/mol. The number of likely N-dealkylation sites (N-methyl/N-ethyl adjacent to an activating group) is 1. The molecule has 1 aromatic heterocycles. The topological polar surface area (TPSA) is 92.4 Å². The number of ether oxygens (including phenoxy) is 2. The first-order chi connectivity index (χ1) is 11.2. The summed E-state index contributed by atoms with van der Waals surface area (Å²) in [5.74, 6) is 1.17. The molecule has 3 rings (SSSR count). The lowest BCUT2D eigenvalue weighted by molar-refractivity contribution is -0.132. The molecular formula is C15H19N5O3. The number of nitrogens with zero attached hydrogens (tertiary/aromatic N) is 3. The van der Waals surface area contributed by atoms with E-state index in [9.17, 15) is 4.79 Å². The molecule has 0 aliphatic carbocycles. The van der Waals surface area contributed by atoms with Gasteiger partial charge < -0.3 is 14.4 Å². The third-order valence-corrected chi connectivity index (χ3v) is 3.64. The summed E-state index contributed by atoms with van der Waals surface area (Å²) in [6.07, 6.45) is -0.512. The van der Waals surface area contributed by atoms with Crippen LogP contribution in [0.1, 0.15) is 0 Å². The predicted octanol–water partition coefficient (Wildman–Crippen LogP) is 0.749. The number of aromatic amines is 1. The quantitative estimate of drug-likeness (QED) is 0.864. The molecule has 0 bridgehead atoms. The second-order valence-corrected chi connectivity index (χ2v) is 5.32. The normalized spacial score (nSPS) is 18.6. The van der Waals surface area contributed by atoms with Crippen LogP contribution in [0.5, 0.6) is 5.75 Å². The molecule has 1 aliphatic rings. The maximum absolute atomic E-state index is 12.2. The number of aromatic nitrogens is 3. The minimum Gasteiger partial charge on any atom is -0.496 e. The van der Waals surface area contributed by atoms with Gasteiger partial charge in [-0.3, -0.25) is 15.2 Å². The highest BCUT2D eigenvalue weighted by atomic mass is 16.5. The summed E-state index contributed by atoms with van der Waals surface area (Å²) in [6.45, 7) is 1.91. The van der Waals surface area contributed by atoms with E-state index in [2.05, 4.69) is 20.5 Å². The van der Waals surface area contributed by atoms with Crippen molar-refractivity contribution < 1.29 is 14.3 Å². The van der Waals surface area contributed by atoms with E-state index >= 15 is 0 Å². The van der Waals surface area contributed by atoms with E-state index < -0.39 is 6.10 Å². The molecule has 1 atom stereocenters. The Labute approximate surface area is 133 Å². The number of anilines is 1. The number of amides is 1. The number of morpholine rings is 1. The Morgan fingerprint density at radius 3 is 3.09 bits per heavy atom. The van der Waals surface area contributed by atoms with Gasteiger partial charge in [-0.25, -0.2) is 0 Å². The minimum atomic E-state index is -0.512. The highest BCUT2D eigenvalue weighted by Crippen LogP contribution is 2.27. The molecule has 8 nitrogen and oxygen atoms in total. The van der Waals surface area contributed by atoms with Gasteiger partial charge in [0.2, 0.25) is 5.95 Å². The summed E-state index contributed by atoms with van der Waals surface area (Å²) >= 11 is 0. The Balaban J connectivity index is 1.71. The summed E-state index contributed by atoms with van der Waals surface area (Å²) in [6, 6.07) is 7.45. The van der Waals surface area contributed by atoms with Gasteiger partial charge in [0.05, 0.1) is 19.3 Å². The van der Waals surface area contributed by atoms with E-state index in [0.717, 1.165) is 12.1 Å². The largest absolute Gasteiger partial charge is 0.496 e. The molecule has 0 radical (unpaired) electrons. The number of carbonyl (C=O) groups excluding carboxylic acids is 1. The lowest BCUT2D eigenvalue weighted by atomic mass is 10.2. The standard InChI is InChI=1S/C15H19N5O3/c1-20-7-8-23-12(9-20)14(21)17-15-16-13(18-19-15)10-5-3-4-6-11(10)22-2/h3-6,12H,7-9H2,1-2H3,(H2,16,17,18,19,21). The molecule has 1 amide bonds. The van der Waals surface area contributed by atoms with Crippen molar-refractivity contribution in [1.29, 1.82) is 0 Å². The number of H-pyrrole nitrogens is 1. The zero-order valence-electron chi connectivity index (χ0n) is 13.1. The molecule has 2 aromatic rings. The maximum atomic E-state index is 12.2. The number of methoxy groups -OCH3 is 1. The van der Waals surface area contributed by atoms with Gasteiger partial charge in [0.25, 0.3) is 5.91 Å². The second kappa shape index (κ2) is 6.76. The van der Waals surface area contributed by atoms with E-state index in [1.54, 1.807) is 7.11 Å². The van der Waals surface area contributed by atoms with E-state index in [-0.39, 0.29) is 11.9 Å². The molecule has 0 saturated carbocycles. The number of nitrogens with one attached hydrogen (secondary N) is 2. The second-order valence-electron chi connectivity index (χ2n) is 5.32. The van der Waals surface area contributed by atoms with Crippen molar-refractivity contribution in [2.45, 2.75) is 6.10 Å². The van der Waals surface area contributed by atoms with Crippen molar-refractivity contribution in [3.8, 4) is 17.1 Å². The third kappa shape index (κ3) is 3.49. The van der Waals surface area contributed by atoms with Crippen molar-refractivity contribution in [2.24, 2.45) is 0 Å². The molecule has 1 fully saturated rings. The maximum Gasteiger partial charge on any atom is 0.257 e. The van der Waals surface area contributed by atoms with Crippen LogP contribution in [0.3, 0.4) is 0 Å². The number of carbonyl (C=O) groups is 1. The molecule has 0 spiro atoms. The average Bonchev–Trinajstić information content (AvgIpc) is 3.03. The van der Waals surface area contributed by atoms with Crippen molar-refractivity contribution in [3.63, 3.8) is 0 Å². The van der Waals surface area contributed by atoms with Crippen LogP contribution in [-0.2, 0) is 9.53 Å². The van der Waals surface area contributed by atoms with Gasteiger partial charge in [0, 0.05) is 13.1 Å². The Morgan fingerprint density at radius 1 is 1.48 bits per heavy atom. The zero-order chi connectivity index (χ0) is 16.2. The van der Waals surface area contributed by atoms with Gasteiger partial charge in [0.15, 0.2) is 5.82 Å². The fraction of sp³-hybridized carbons (Fsp3) is 0.400. The number of benzene rings is 1. The summed E-state index contributed by atoms with van der Waals surface area (Å²) < 4.78 is 10.8. The smallest absolute Gasteiger partial charge is 0.257 e. The fourth-order valence-electron chi connectivity index (χ4n) is 2.41. The van der Waals surface area contributed by atoms with Crippen molar-refractivity contribution in [3.05, 3.63) is 24.3 Å². The third-order valence-electron chi connectivity index (χ3n) is 3.64. The number of hydrogen-bond acceptors (Lipinski definition) is 6. The summed E-state index contributed by atoms with van der Waals surface area (Å²) in [4.78, 5) is 18.5. The number of hydrogen-bond donors (Lipinski definition) is 2. The molecule has 2 heterocycles. The van der Waals surface area contributed by atoms with Gasteiger partial charge >= 0.3 is 0 Å². The summed E-state index contributed by atoms with van der Waals surface area (Å²) in [7, 11) is 3.55. The fourth-order valence-corrected chi connectivity index (χ4v) is 2.41. The number of para-hydroxylation sites is 1. The van der Waals surface area contributed by atoms with Gasteiger partial charge in [-0.1, -0.05) is 12.1 Å². The lowest BCUT2D eigenvalue weighted by Gasteiger charge is -2.28. The first kappa shape index (κ1) is 15.4. The van der Waals surface area contributed by atoms with Gasteiger partial charge in [-0.15, -0.1) is 5.10 Å². The average molecular weight is 317 g/mol. The van der Waals surface area contributed by atoms with Gasteiger partial charge in [-0.2, -0.15) is 4.98 Å². The highest BCUT2D eigenvalue weighted by Gasteiger charge is 2.25. The van der Waals surface area contributed by atoms with Crippen molar-refractivity contribution in [2.75, 3.05) is 39.2 Å². The minimum absolute atomic E-state index is 0.215. The van der Waals surface area contributed by atoms with Crippen LogP contribution in [0.2, 0.25) is 0 Å². The van der Waals surface area contributed by atoms with Gasteiger partial charge in [-0.05, 0) is 19.2 Å². The molecule has 2 N–H and O–H groups in total. The van der Waals surface area contributed by atoms with Crippen LogP contribution in [0.15, 0.2) is 24.3 Å². The Bertz CT molecular complexity index is 687. The SMILES string of the molecule is COc1ccccc1-c1nc(NC(=O)C2CN(C)CCO2)n[nH]1. The first-order valence-corrected chi connectivity index (χ1v) is 7.34. The zero-order valence-corrected chi connectivity index (χ0v) is 13.1. The van der Waals surface area contributed by atoms with E-state index in [0.29, 0.717) is 24.7 Å². The monoisotopic (exact) mass is 317 g/mol. The van der Waals surface area contributed by atoms with E-state index in [4.69, 9.17) is 9.47 Å². The summed E-state index contributed by atoms with van der Waals surface area (Å²) in [5, 5.41) is 9.51. The molecule has 1 aliphatic heterocycles. The Kier molecular flexibility index (Phi) is 4.54. The van der Waals surface area contributed by atoms with Crippen LogP contribution in [0, 0.1) is 0 Å². The van der Waals surface area contributed by atoms with E-state index in [1.165, 1.54) is 0 Å². The molecule has 122 valence electrons. The van der Waals surface area contributed by atoms with Crippen LogP contribution in [0.4, 0.5) is 5.95 Å². The Hall–Kier alpha value is -2.45. The van der Waals surface area contributed by atoms with Crippen LogP contribution in [0.25, 0.3) is 11.4 Å². The molecule has 1 unspecified atom stereocenters. The summed E-state index contributed by atoms with van der Waals surface area (Å²) in [5.41, 5.74) is 0.775. The molecule has 1 saturated heterocycles. The van der Waals surface area contributed by atoms with Crippen LogP contribution >= 0.6 is 0 Å². The molecule has 8 heteroatoms. The Morgan fingerprint density at radius 2 is 2.30 bits per heavy atom. The molecule has 1 aromatic carbocycles. The van der Waals surface area contributed by atoms with Gasteiger partial charge in [0.1, 0.15) is 11.9 Å². The van der Waals surface area contributed by atoms with Crippen molar-refractivity contribution in [1.82, 2.24) is 20.1 Å².